The summed E-state index contributed by atoms with van der Waals surface area (Å²) in [6.45, 7) is 0. The van der Waals surface area contributed by atoms with Crippen LogP contribution in [-0.2, 0) is 15.4 Å². The second kappa shape index (κ2) is 4.24. The maximum atomic E-state index is 12.8. The van der Waals surface area contributed by atoms with E-state index in [-0.39, 0.29) is 12.8 Å². The summed E-state index contributed by atoms with van der Waals surface area (Å²) in [6, 6.07) is 2.70. The molecule has 4 nitrogen and oxygen atoms in total. The van der Waals surface area contributed by atoms with Crippen molar-refractivity contribution >= 4 is 9.84 Å². The van der Waals surface area contributed by atoms with E-state index in [0.717, 1.165) is 6.42 Å². The molecule has 2 unspecified atom stereocenters. The minimum absolute atomic E-state index is 0.194. The van der Waals surface area contributed by atoms with E-state index >= 15 is 0 Å². The molecule has 1 aromatic rings. The predicted octanol–water partition coefficient (Wildman–Crippen LogP) is 1.54. The van der Waals surface area contributed by atoms with Crippen LogP contribution in [0.3, 0.4) is 0 Å². The molecule has 2 aliphatic rings. The summed E-state index contributed by atoms with van der Waals surface area (Å²) in [4.78, 5) is 3.55. The van der Waals surface area contributed by atoms with Gasteiger partial charge >= 0.3 is 0 Å². The topological polar surface area (TPSA) is 67.3 Å². The van der Waals surface area contributed by atoms with Gasteiger partial charge < -0.3 is 5.11 Å². The third-order valence-electron chi connectivity index (χ3n) is 4.38. The Labute approximate surface area is 111 Å². The van der Waals surface area contributed by atoms with Crippen LogP contribution >= 0.6 is 0 Å². The molecular weight excluding hydrogens is 269 g/mol. The average Bonchev–Trinajstić information content (AvgIpc) is 2.32. The number of hydrogen-bond donors (Lipinski definition) is 1. The zero-order valence-corrected chi connectivity index (χ0v) is 11.2. The van der Waals surface area contributed by atoms with E-state index in [0.29, 0.717) is 18.4 Å². The number of pyridine rings is 1. The quantitative estimate of drug-likeness (QED) is 0.795. The molecule has 0 spiro atoms. The SMILES string of the molecule is O=S1(=O)C2CCCC1CC(O)(c1ccc(F)nc1)C2. The van der Waals surface area contributed by atoms with Gasteiger partial charge in [0.15, 0.2) is 9.84 Å². The molecule has 0 saturated carbocycles. The molecule has 2 fully saturated rings. The van der Waals surface area contributed by atoms with Crippen molar-refractivity contribution in [3.63, 3.8) is 0 Å². The summed E-state index contributed by atoms with van der Waals surface area (Å²) in [6.07, 6.45) is 3.80. The molecule has 0 amide bonds. The Morgan fingerprint density at radius 2 is 1.89 bits per heavy atom. The Morgan fingerprint density at radius 3 is 2.42 bits per heavy atom. The van der Waals surface area contributed by atoms with Crippen LogP contribution in [0.25, 0.3) is 0 Å². The van der Waals surface area contributed by atoms with Crippen LogP contribution in [0.1, 0.15) is 37.7 Å². The highest BCUT2D eigenvalue weighted by molar-refractivity contribution is 7.92. The molecule has 1 N–H and O–H groups in total. The first-order valence-corrected chi connectivity index (χ1v) is 8.10. The maximum Gasteiger partial charge on any atom is 0.212 e. The van der Waals surface area contributed by atoms with Crippen molar-refractivity contribution in [1.82, 2.24) is 4.98 Å². The number of aromatic nitrogens is 1. The summed E-state index contributed by atoms with van der Waals surface area (Å²) in [5.41, 5.74) is -0.678. The van der Waals surface area contributed by atoms with Crippen LogP contribution in [0.4, 0.5) is 4.39 Å². The summed E-state index contributed by atoms with van der Waals surface area (Å²) in [7, 11) is -3.11. The Morgan fingerprint density at radius 1 is 1.26 bits per heavy atom. The van der Waals surface area contributed by atoms with Crippen molar-refractivity contribution in [2.75, 3.05) is 0 Å². The lowest BCUT2D eigenvalue weighted by Gasteiger charge is -2.43. The monoisotopic (exact) mass is 285 g/mol. The van der Waals surface area contributed by atoms with Gasteiger partial charge in [-0.2, -0.15) is 4.39 Å². The lowest BCUT2D eigenvalue weighted by atomic mass is 9.81. The van der Waals surface area contributed by atoms with E-state index in [9.17, 15) is 17.9 Å². The second-order valence-electron chi connectivity index (χ2n) is 5.57. The second-order valence-corrected chi connectivity index (χ2v) is 8.08. The normalized spacial score (nSPS) is 36.9. The highest BCUT2D eigenvalue weighted by Crippen LogP contribution is 2.45. The minimum Gasteiger partial charge on any atom is -0.385 e. The summed E-state index contributed by atoms with van der Waals surface area (Å²) in [5, 5.41) is 9.79. The fourth-order valence-electron chi connectivity index (χ4n) is 3.33. The molecule has 3 heterocycles. The molecule has 104 valence electrons. The Hall–Kier alpha value is -1.01. The van der Waals surface area contributed by atoms with Crippen molar-refractivity contribution in [2.24, 2.45) is 0 Å². The molecule has 3 rings (SSSR count). The number of hydrogen-bond acceptors (Lipinski definition) is 4. The van der Waals surface area contributed by atoms with E-state index in [4.69, 9.17) is 0 Å². The fraction of sp³-hybridized carbons (Fsp3) is 0.615. The molecule has 0 aliphatic carbocycles. The van der Waals surface area contributed by atoms with E-state index in [2.05, 4.69) is 4.98 Å². The number of nitrogens with zero attached hydrogens (tertiary/aromatic N) is 1. The van der Waals surface area contributed by atoms with Gasteiger partial charge in [-0.1, -0.05) is 12.5 Å². The summed E-state index contributed by atoms with van der Waals surface area (Å²) in [5.74, 6) is -0.601. The Balaban J connectivity index is 1.97. The van der Waals surface area contributed by atoms with E-state index in [1.807, 2.05) is 0 Å². The van der Waals surface area contributed by atoms with Crippen LogP contribution in [0.5, 0.6) is 0 Å². The van der Waals surface area contributed by atoms with Gasteiger partial charge in [-0.3, -0.25) is 0 Å². The Kier molecular flexibility index (Phi) is 2.90. The third-order valence-corrected chi connectivity index (χ3v) is 7.04. The largest absolute Gasteiger partial charge is 0.385 e. The minimum atomic E-state index is -3.11. The van der Waals surface area contributed by atoms with Crippen molar-refractivity contribution in [1.29, 1.82) is 0 Å². The third kappa shape index (κ3) is 2.07. The highest BCUT2D eigenvalue weighted by Gasteiger charge is 2.51. The van der Waals surface area contributed by atoms with Crippen molar-refractivity contribution in [3.05, 3.63) is 29.8 Å². The molecule has 2 atom stereocenters. The van der Waals surface area contributed by atoms with Gasteiger partial charge in [0.25, 0.3) is 0 Å². The zero-order chi connectivity index (χ0) is 13.7. The molecule has 6 heteroatoms. The smallest absolute Gasteiger partial charge is 0.212 e. The maximum absolute atomic E-state index is 12.8. The van der Waals surface area contributed by atoms with Crippen LogP contribution in [0.2, 0.25) is 0 Å². The number of sulfone groups is 1. The standard InChI is InChI=1S/C13H16FNO3S/c14-12-5-4-9(8-15-12)13(16)6-10-2-1-3-11(7-13)19(10,17)18/h4-5,8,10-11,16H,1-3,6-7H2. The molecule has 2 aliphatic heterocycles. The van der Waals surface area contributed by atoms with Gasteiger partial charge in [0, 0.05) is 11.8 Å². The molecule has 2 bridgehead atoms. The molecule has 1 aromatic heterocycles. The molecular formula is C13H16FNO3S. The molecule has 0 radical (unpaired) electrons. The molecule has 2 saturated heterocycles. The first kappa shape index (κ1) is 13.0. The van der Waals surface area contributed by atoms with Gasteiger partial charge in [0.2, 0.25) is 5.95 Å². The molecule has 19 heavy (non-hydrogen) atoms. The van der Waals surface area contributed by atoms with Gasteiger partial charge in [0.05, 0.1) is 16.1 Å². The fourth-order valence-corrected chi connectivity index (χ4v) is 5.88. The van der Waals surface area contributed by atoms with Crippen LogP contribution < -0.4 is 0 Å². The van der Waals surface area contributed by atoms with Gasteiger partial charge in [-0.05, 0) is 31.7 Å². The zero-order valence-electron chi connectivity index (χ0n) is 10.4. The van der Waals surface area contributed by atoms with E-state index < -0.39 is 31.9 Å². The lowest BCUT2D eigenvalue weighted by Crippen LogP contribution is -2.50. The van der Waals surface area contributed by atoms with Crippen LogP contribution in [-0.4, -0.2) is 29.0 Å². The van der Waals surface area contributed by atoms with Crippen molar-refractivity contribution in [3.8, 4) is 0 Å². The van der Waals surface area contributed by atoms with Crippen LogP contribution in [0, 0.1) is 5.95 Å². The number of fused-ring (bicyclic) bond motifs is 2. The first-order chi connectivity index (χ1) is 8.92. The van der Waals surface area contributed by atoms with Crippen molar-refractivity contribution in [2.45, 2.75) is 48.2 Å². The summed E-state index contributed by atoms with van der Waals surface area (Å²) < 4.78 is 37.2. The average molecular weight is 285 g/mol. The van der Waals surface area contributed by atoms with Gasteiger partial charge in [0.1, 0.15) is 0 Å². The lowest BCUT2D eigenvalue weighted by molar-refractivity contribution is 0.00461. The first-order valence-electron chi connectivity index (χ1n) is 6.49. The van der Waals surface area contributed by atoms with Crippen molar-refractivity contribution < 1.29 is 17.9 Å². The van der Waals surface area contributed by atoms with Crippen LogP contribution in [0.15, 0.2) is 18.3 Å². The van der Waals surface area contributed by atoms with Gasteiger partial charge in [-0.25, -0.2) is 13.4 Å². The molecule has 0 aromatic carbocycles. The van der Waals surface area contributed by atoms with E-state index in [1.54, 1.807) is 0 Å². The summed E-state index contributed by atoms with van der Waals surface area (Å²) >= 11 is 0. The highest BCUT2D eigenvalue weighted by atomic mass is 32.2. The van der Waals surface area contributed by atoms with Gasteiger partial charge in [-0.15, -0.1) is 0 Å². The predicted molar refractivity (Wildman–Crippen MR) is 67.7 cm³/mol. The number of rotatable bonds is 1. The Bertz CT molecular complexity index is 564. The number of halogens is 1. The van der Waals surface area contributed by atoms with E-state index in [1.165, 1.54) is 18.3 Å². The number of aliphatic hydroxyl groups is 1.